The Kier molecular flexibility index (Phi) is 3.38. The van der Waals surface area contributed by atoms with Crippen molar-refractivity contribution >= 4 is 0 Å². The lowest BCUT2D eigenvalue weighted by atomic mass is 9.85. The van der Waals surface area contributed by atoms with E-state index in [0.29, 0.717) is 12.0 Å². The van der Waals surface area contributed by atoms with Crippen LogP contribution < -0.4 is 4.74 Å². The van der Waals surface area contributed by atoms with Crippen LogP contribution in [0.15, 0.2) is 12.1 Å². The number of hydrogen-bond acceptors (Lipinski definition) is 1. The molecule has 0 radical (unpaired) electrons. The number of aryl methyl sites for hydroxylation is 1. The van der Waals surface area contributed by atoms with Gasteiger partial charge in [0.15, 0.2) is 0 Å². The highest BCUT2D eigenvalue weighted by Gasteiger charge is 2.20. The van der Waals surface area contributed by atoms with E-state index in [4.69, 9.17) is 4.74 Å². The number of hydrogen-bond donors (Lipinski definition) is 0. The first-order valence-electron chi connectivity index (χ1n) is 5.27. The van der Waals surface area contributed by atoms with Gasteiger partial charge in [-0.1, -0.05) is 27.7 Å². The van der Waals surface area contributed by atoms with Crippen molar-refractivity contribution in [3.63, 3.8) is 0 Å². The minimum atomic E-state index is -0.136. The summed E-state index contributed by atoms with van der Waals surface area (Å²) in [5.41, 5.74) is 1.53. The molecule has 2 heteroatoms. The number of benzene rings is 1. The van der Waals surface area contributed by atoms with Gasteiger partial charge in [0.25, 0.3) is 0 Å². The molecule has 1 nitrogen and oxygen atoms in total. The zero-order valence-electron chi connectivity index (χ0n) is 10.1. The molecule has 0 aromatic heterocycles. The summed E-state index contributed by atoms with van der Waals surface area (Å²) in [5, 5.41) is 0. The summed E-state index contributed by atoms with van der Waals surface area (Å²) in [6.45, 7) is 8.09. The van der Waals surface area contributed by atoms with Gasteiger partial charge in [0.2, 0.25) is 0 Å². The zero-order valence-corrected chi connectivity index (χ0v) is 10.1. The van der Waals surface area contributed by atoms with Gasteiger partial charge in [-0.15, -0.1) is 0 Å². The number of halogens is 1. The van der Waals surface area contributed by atoms with Crippen molar-refractivity contribution in [1.82, 2.24) is 0 Å². The molecule has 0 N–H and O–H groups in total. The van der Waals surface area contributed by atoms with Gasteiger partial charge in [0, 0.05) is 5.56 Å². The van der Waals surface area contributed by atoms with Crippen LogP contribution >= 0.6 is 0 Å². The Bertz CT molecular complexity index is 350. The summed E-state index contributed by atoms with van der Waals surface area (Å²) in [5.74, 6) is 0.643. The predicted molar refractivity (Wildman–Crippen MR) is 61.0 cm³/mol. The van der Waals surface area contributed by atoms with Gasteiger partial charge in [0.1, 0.15) is 11.6 Å². The topological polar surface area (TPSA) is 9.23 Å². The van der Waals surface area contributed by atoms with Crippen LogP contribution in [-0.4, -0.2) is 7.11 Å². The summed E-state index contributed by atoms with van der Waals surface area (Å²) in [6.07, 6.45) is 0.687. The molecule has 0 spiro atoms. The average molecular weight is 210 g/mol. The molecule has 84 valence electrons. The van der Waals surface area contributed by atoms with E-state index in [2.05, 4.69) is 20.8 Å². The third-order valence-electron chi connectivity index (χ3n) is 2.56. The molecule has 0 bridgehead atoms. The SMILES string of the molecule is CCc1cc(OC)c(C(C)(C)C)cc1F. The second-order valence-electron chi connectivity index (χ2n) is 4.75. The molecule has 0 saturated carbocycles. The van der Waals surface area contributed by atoms with Crippen LogP contribution in [0.4, 0.5) is 4.39 Å². The number of rotatable bonds is 2. The Morgan fingerprint density at radius 1 is 1.27 bits per heavy atom. The number of methoxy groups -OCH3 is 1. The summed E-state index contributed by atoms with van der Waals surface area (Å²) >= 11 is 0. The van der Waals surface area contributed by atoms with E-state index in [1.165, 1.54) is 0 Å². The van der Waals surface area contributed by atoms with Gasteiger partial charge in [-0.25, -0.2) is 4.39 Å². The van der Waals surface area contributed by atoms with E-state index >= 15 is 0 Å². The average Bonchev–Trinajstić information content (AvgIpc) is 2.16. The lowest BCUT2D eigenvalue weighted by Gasteiger charge is -2.22. The Hall–Kier alpha value is -1.05. The van der Waals surface area contributed by atoms with E-state index in [1.54, 1.807) is 19.2 Å². The van der Waals surface area contributed by atoms with E-state index in [1.807, 2.05) is 6.92 Å². The van der Waals surface area contributed by atoms with E-state index in [0.717, 1.165) is 11.3 Å². The highest BCUT2D eigenvalue weighted by molar-refractivity contribution is 5.42. The molecule has 0 aliphatic carbocycles. The highest BCUT2D eigenvalue weighted by atomic mass is 19.1. The third kappa shape index (κ3) is 2.49. The predicted octanol–water partition coefficient (Wildman–Crippen LogP) is 3.69. The fourth-order valence-electron chi connectivity index (χ4n) is 1.62. The molecule has 0 heterocycles. The van der Waals surface area contributed by atoms with Gasteiger partial charge in [-0.2, -0.15) is 0 Å². The van der Waals surface area contributed by atoms with Gasteiger partial charge >= 0.3 is 0 Å². The largest absolute Gasteiger partial charge is 0.496 e. The molecule has 0 atom stereocenters. The standard InChI is InChI=1S/C13H19FO/c1-6-9-7-12(15-5)10(8-11(9)14)13(2,3)4/h7-8H,6H2,1-5H3. The first kappa shape index (κ1) is 12.0. The first-order chi connectivity index (χ1) is 6.90. The quantitative estimate of drug-likeness (QED) is 0.723. The monoisotopic (exact) mass is 210 g/mol. The van der Waals surface area contributed by atoms with Gasteiger partial charge in [-0.05, 0) is 29.5 Å². The van der Waals surface area contributed by atoms with Crippen molar-refractivity contribution in [2.45, 2.75) is 39.5 Å². The molecule has 15 heavy (non-hydrogen) atoms. The van der Waals surface area contributed by atoms with Crippen molar-refractivity contribution in [2.24, 2.45) is 0 Å². The van der Waals surface area contributed by atoms with Gasteiger partial charge in [-0.3, -0.25) is 0 Å². The van der Waals surface area contributed by atoms with Crippen molar-refractivity contribution < 1.29 is 9.13 Å². The maximum absolute atomic E-state index is 13.6. The van der Waals surface area contributed by atoms with E-state index < -0.39 is 0 Å². The summed E-state index contributed by atoms with van der Waals surface area (Å²) < 4.78 is 18.9. The third-order valence-corrected chi connectivity index (χ3v) is 2.56. The Morgan fingerprint density at radius 2 is 1.87 bits per heavy atom. The molecule has 1 aromatic rings. The molecule has 0 amide bonds. The molecule has 0 aliphatic heterocycles. The molecule has 0 aliphatic rings. The van der Waals surface area contributed by atoms with Crippen LogP contribution in [0.3, 0.4) is 0 Å². The maximum Gasteiger partial charge on any atom is 0.126 e. The van der Waals surface area contributed by atoms with E-state index in [9.17, 15) is 4.39 Å². The fraction of sp³-hybridized carbons (Fsp3) is 0.538. The van der Waals surface area contributed by atoms with Crippen LogP contribution in [0.1, 0.15) is 38.8 Å². The molecule has 0 saturated heterocycles. The summed E-state index contributed by atoms with van der Waals surface area (Å²) in [4.78, 5) is 0. The van der Waals surface area contributed by atoms with Crippen LogP contribution in [-0.2, 0) is 11.8 Å². The molecule has 0 fully saturated rings. The van der Waals surface area contributed by atoms with Gasteiger partial charge in [0.05, 0.1) is 7.11 Å². The number of ether oxygens (including phenoxy) is 1. The highest BCUT2D eigenvalue weighted by Crippen LogP contribution is 2.33. The minimum absolute atomic E-state index is 0.0988. The van der Waals surface area contributed by atoms with Crippen molar-refractivity contribution in [2.75, 3.05) is 7.11 Å². The molecule has 1 aromatic carbocycles. The molecular formula is C13H19FO. The molecule has 0 unspecified atom stereocenters. The van der Waals surface area contributed by atoms with Crippen molar-refractivity contribution in [1.29, 1.82) is 0 Å². The van der Waals surface area contributed by atoms with Gasteiger partial charge < -0.3 is 4.74 Å². The van der Waals surface area contributed by atoms with Crippen molar-refractivity contribution in [3.8, 4) is 5.75 Å². The zero-order chi connectivity index (χ0) is 11.6. The van der Waals surface area contributed by atoms with Crippen molar-refractivity contribution in [3.05, 3.63) is 29.1 Å². The maximum atomic E-state index is 13.6. The smallest absolute Gasteiger partial charge is 0.126 e. The van der Waals surface area contributed by atoms with E-state index in [-0.39, 0.29) is 11.2 Å². The molecule has 1 rings (SSSR count). The normalized spacial score (nSPS) is 11.6. The van der Waals surface area contributed by atoms with Crippen LogP contribution in [0, 0.1) is 5.82 Å². The van der Waals surface area contributed by atoms with Crippen LogP contribution in [0.25, 0.3) is 0 Å². The first-order valence-corrected chi connectivity index (χ1v) is 5.27. The molecular weight excluding hydrogens is 191 g/mol. The van der Waals surface area contributed by atoms with Crippen LogP contribution in [0.5, 0.6) is 5.75 Å². The second-order valence-corrected chi connectivity index (χ2v) is 4.75. The van der Waals surface area contributed by atoms with Crippen LogP contribution in [0.2, 0.25) is 0 Å². The Balaban J connectivity index is 3.34. The lowest BCUT2D eigenvalue weighted by molar-refractivity contribution is 0.394. The Morgan fingerprint density at radius 3 is 2.27 bits per heavy atom. The lowest BCUT2D eigenvalue weighted by Crippen LogP contribution is -2.14. The fourth-order valence-corrected chi connectivity index (χ4v) is 1.62. The second kappa shape index (κ2) is 4.21. The Labute approximate surface area is 91.3 Å². The summed E-state index contributed by atoms with van der Waals surface area (Å²) in [6, 6.07) is 3.40. The summed E-state index contributed by atoms with van der Waals surface area (Å²) in [7, 11) is 1.63. The minimum Gasteiger partial charge on any atom is -0.496 e.